The van der Waals surface area contributed by atoms with Gasteiger partial charge in [-0.15, -0.1) is 11.8 Å². The summed E-state index contributed by atoms with van der Waals surface area (Å²) in [5.41, 5.74) is 6.55. The molecule has 2 nitrogen and oxygen atoms in total. The van der Waals surface area contributed by atoms with Gasteiger partial charge in [0.15, 0.2) is 0 Å². The van der Waals surface area contributed by atoms with Gasteiger partial charge < -0.3 is 10.5 Å². The lowest BCUT2D eigenvalue weighted by Crippen LogP contribution is -2.22. The zero-order chi connectivity index (χ0) is 13.1. The number of nitrogens with two attached hydrogens (primary N) is 1. The van der Waals surface area contributed by atoms with Crippen molar-refractivity contribution >= 4 is 17.4 Å². The van der Waals surface area contributed by atoms with Gasteiger partial charge in [0, 0.05) is 21.9 Å². The van der Waals surface area contributed by atoms with Crippen LogP contribution in [0.5, 0.6) is 5.75 Å². The first kappa shape index (κ1) is 13.6. The number of ether oxygens (including phenoxy) is 1. The van der Waals surface area contributed by atoms with Crippen LogP contribution in [0.4, 0.5) is 5.69 Å². The maximum atomic E-state index is 5.79. The zero-order valence-corrected chi connectivity index (χ0v) is 12.3. The molecule has 0 radical (unpaired) electrons. The van der Waals surface area contributed by atoms with Gasteiger partial charge >= 0.3 is 0 Å². The molecule has 0 aromatic heterocycles. The third kappa shape index (κ3) is 3.14. The third-order valence-corrected chi connectivity index (χ3v) is 5.38. The molecule has 0 amide bonds. The molecule has 100 valence electrons. The van der Waals surface area contributed by atoms with E-state index in [0.717, 1.165) is 23.3 Å². The van der Waals surface area contributed by atoms with Gasteiger partial charge in [-0.05, 0) is 43.2 Å². The monoisotopic (exact) mass is 265 g/mol. The molecule has 2 rings (SSSR count). The predicted octanol–water partition coefficient (Wildman–Crippen LogP) is 4.19. The topological polar surface area (TPSA) is 35.2 Å². The van der Waals surface area contributed by atoms with Crippen molar-refractivity contribution in [2.24, 2.45) is 11.8 Å². The highest BCUT2D eigenvalue weighted by atomic mass is 32.2. The van der Waals surface area contributed by atoms with Crippen molar-refractivity contribution in [3.63, 3.8) is 0 Å². The summed E-state index contributed by atoms with van der Waals surface area (Å²) in [4.78, 5) is 1.22. The van der Waals surface area contributed by atoms with E-state index in [1.807, 2.05) is 23.9 Å². The summed E-state index contributed by atoms with van der Waals surface area (Å²) >= 11 is 1.95. The van der Waals surface area contributed by atoms with Gasteiger partial charge in [-0.3, -0.25) is 0 Å². The summed E-state index contributed by atoms with van der Waals surface area (Å²) in [5.74, 6) is 2.61. The smallest absolute Gasteiger partial charge is 0.134 e. The van der Waals surface area contributed by atoms with Crippen LogP contribution in [0.3, 0.4) is 0 Å². The highest BCUT2D eigenvalue weighted by molar-refractivity contribution is 8.00. The molecule has 1 aromatic carbocycles. The fourth-order valence-electron chi connectivity index (χ4n) is 2.57. The minimum Gasteiger partial charge on any atom is -0.496 e. The van der Waals surface area contributed by atoms with Crippen LogP contribution >= 0.6 is 11.8 Å². The first-order valence-corrected chi connectivity index (χ1v) is 7.58. The maximum absolute atomic E-state index is 5.79. The molecule has 0 heterocycles. The quantitative estimate of drug-likeness (QED) is 0.832. The zero-order valence-electron chi connectivity index (χ0n) is 11.5. The number of methoxy groups -OCH3 is 1. The maximum Gasteiger partial charge on any atom is 0.134 e. The Morgan fingerprint density at radius 1 is 1.22 bits per heavy atom. The lowest BCUT2D eigenvalue weighted by Gasteiger charge is -2.31. The standard InChI is InChI=1S/C15H23NOS/c1-10-4-6-13(8-11(10)2)18-15-7-5-12(16)9-14(15)17-3/h5,7,9-11,13H,4,6,8,16H2,1-3H3. The molecule has 1 saturated carbocycles. The fraction of sp³-hybridized carbons (Fsp3) is 0.600. The first-order chi connectivity index (χ1) is 8.60. The lowest BCUT2D eigenvalue weighted by molar-refractivity contribution is 0.283. The first-order valence-electron chi connectivity index (χ1n) is 6.70. The van der Waals surface area contributed by atoms with Crippen molar-refractivity contribution in [2.75, 3.05) is 12.8 Å². The largest absolute Gasteiger partial charge is 0.496 e. The van der Waals surface area contributed by atoms with E-state index in [1.54, 1.807) is 7.11 Å². The van der Waals surface area contributed by atoms with Crippen molar-refractivity contribution < 1.29 is 4.74 Å². The molecule has 3 heteroatoms. The summed E-state index contributed by atoms with van der Waals surface area (Å²) < 4.78 is 5.41. The van der Waals surface area contributed by atoms with E-state index in [4.69, 9.17) is 10.5 Å². The van der Waals surface area contributed by atoms with E-state index in [0.29, 0.717) is 5.25 Å². The lowest BCUT2D eigenvalue weighted by atomic mass is 9.81. The van der Waals surface area contributed by atoms with E-state index in [2.05, 4.69) is 19.9 Å². The summed E-state index contributed by atoms with van der Waals surface area (Å²) in [6, 6.07) is 5.96. The molecule has 1 fully saturated rings. The van der Waals surface area contributed by atoms with Crippen molar-refractivity contribution in [3.05, 3.63) is 18.2 Å². The van der Waals surface area contributed by atoms with Crippen LogP contribution in [0, 0.1) is 11.8 Å². The SMILES string of the molecule is COc1cc(N)ccc1SC1CCC(C)C(C)C1. The highest BCUT2D eigenvalue weighted by Gasteiger charge is 2.25. The van der Waals surface area contributed by atoms with Gasteiger partial charge in [0.25, 0.3) is 0 Å². The van der Waals surface area contributed by atoms with E-state index in [-0.39, 0.29) is 0 Å². The molecule has 2 N–H and O–H groups in total. The second kappa shape index (κ2) is 5.87. The minimum absolute atomic E-state index is 0.716. The van der Waals surface area contributed by atoms with Gasteiger partial charge in [-0.25, -0.2) is 0 Å². The second-order valence-corrected chi connectivity index (χ2v) is 6.76. The van der Waals surface area contributed by atoms with Gasteiger partial charge in [0.2, 0.25) is 0 Å². The molecule has 0 bridgehead atoms. The molecular formula is C15H23NOS. The minimum atomic E-state index is 0.716. The molecule has 1 aliphatic carbocycles. The number of anilines is 1. The van der Waals surface area contributed by atoms with Crippen LogP contribution in [0.1, 0.15) is 33.1 Å². The molecule has 1 aliphatic rings. The normalized spacial score (nSPS) is 28.1. The van der Waals surface area contributed by atoms with Crippen molar-refractivity contribution in [3.8, 4) is 5.75 Å². The Morgan fingerprint density at radius 2 is 2.00 bits per heavy atom. The van der Waals surface area contributed by atoms with E-state index in [9.17, 15) is 0 Å². The van der Waals surface area contributed by atoms with E-state index < -0.39 is 0 Å². The number of thioether (sulfide) groups is 1. The highest BCUT2D eigenvalue weighted by Crippen LogP contribution is 2.41. The Kier molecular flexibility index (Phi) is 4.44. The molecule has 18 heavy (non-hydrogen) atoms. The number of rotatable bonds is 3. The van der Waals surface area contributed by atoms with Gasteiger partial charge in [0.1, 0.15) is 5.75 Å². The van der Waals surface area contributed by atoms with Crippen molar-refractivity contribution in [1.29, 1.82) is 0 Å². The van der Waals surface area contributed by atoms with Crippen LogP contribution in [-0.2, 0) is 0 Å². The summed E-state index contributed by atoms with van der Waals surface area (Å²) in [5, 5.41) is 0.716. The molecule has 0 spiro atoms. The predicted molar refractivity (Wildman–Crippen MR) is 79.2 cm³/mol. The van der Waals surface area contributed by atoms with Crippen LogP contribution in [0.15, 0.2) is 23.1 Å². The average molecular weight is 265 g/mol. The van der Waals surface area contributed by atoms with Crippen LogP contribution < -0.4 is 10.5 Å². The molecule has 3 unspecified atom stereocenters. The second-order valence-electron chi connectivity index (χ2n) is 5.42. The number of benzene rings is 1. The van der Waals surface area contributed by atoms with Crippen molar-refractivity contribution in [1.82, 2.24) is 0 Å². The van der Waals surface area contributed by atoms with Crippen LogP contribution in [-0.4, -0.2) is 12.4 Å². The summed E-state index contributed by atoms with van der Waals surface area (Å²) in [7, 11) is 1.71. The van der Waals surface area contributed by atoms with E-state index in [1.165, 1.54) is 24.2 Å². The summed E-state index contributed by atoms with van der Waals surface area (Å²) in [6.45, 7) is 4.74. The average Bonchev–Trinajstić information content (AvgIpc) is 2.36. The number of hydrogen-bond acceptors (Lipinski definition) is 3. The van der Waals surface area contributed by atoms with Gasteiger partial charge in [0.05, 0.1) is 7.11 Å². The number of hydrogen-bond donors (Lipinski definition) is 1. The Balaban J connectivity index is 2.05. The fourth-order valence-corrected chi connectivity index (χ4v) is 3.98. The van der Waals surface area contributed by atoms with Crippen LogP contribution in [0.2, 0.25) is 0 Å². The Bertz CT molecular complexity index is 407. The third-order valence-electron chi connectivity index (χ3n) is 4.03. The van der Waals surface area contributed by atoms with Gasteiger partial charge in [-0.1, -0.05) is 13.8 Å². The molecule has 1 aromatic rings. The molecule has 0 aliphatic heterocycles. The van der Waals surface area contributed by atoms with Crippen LogP contribution in [0.25, 0.3) is 0 Å². The number of nitrogen functional groups attached to an aromatic ring is 1. The molecule has 3 atom stereocenters. The molecule has 0 saturated heterocycles. The van der Waals surface area contributed by atoms with E-state index >= 15 is 0 Å². The Hall–Kier alpha value is -0.830. The summed E-state index contributed by atoms with van der Waals surface area (Å²) in [6.07, 6.45) is 3.96. The van der Waals surface area contributed by atoms with Gasteiger partial charge in [-0.2, -0.15) is 0 Å². The Morgan fingerprint density at radius 3 is 2.67 bits per heavy atom. The van der Waals surface area contributed by atoms with Crippen molar-refractivity contribution in [2.45, 2.75) is 43.3 Å². The Labute approximate surface area is 114 Å². The molecular weight excluding hydrogens is 242 g/mol.